The number of fused-ring (bicyclic) bond motifs is 1. The molecule has 0 bridgehead atoms. The van der Waals surface area contributed by atoms with Gasteiger partial charge in [-0.15, -0.1) is 6.58 Å². The summed E-state index contributed by atoms with van der Waals surface area (Å²) >= 11 is 3.34. The Labute approximate surface area is 239 Å². The molecule has 8 heteroatoms. The molecular formula is C32H25BrN2O5. The van der Waals surface area contributed by atoms with Crippen LogP contribution < -0.4 is 19.7 Å². The number of barbiturate groups is 1. The van der Waals surface area contributed by atoms with Crippen LogP contribution >= 0.6 is 15.9 Å². The zero-order valence-corrected chi connectivity index (χ0v) is 23.2. The lowest BCUT2D eigenvalue weighted by Gasteiger charge is -2.26. The fourth-order valence-electron chi connectivity index (χ4n) is 4.61. The molecule has 0 aliphatic carbocycles. The highest BCUT2D eigenvalue weighted by molar-refractivity contribution is 9.10. The van der Waals surface area contributed by atoms with E-state index in [0.717, 1.165) is 31.3 Å². The molecule has 0 spiro atoms. The second kappa shape index (κ2) is 11.6. The maximum atomic E-state index is 13.3. The SMILES string of the molecule is C=CCc1cc(/C=C2\C(=O)NC(=O)N(c3ccc(Br)cc3)C2=O)cc(OC)c1OCc1cccc2ccccc12. The molecule has 40 heavy (non-hydrogen) atoms. The van der Waals surface area contributed by atoms with E-state index in [0.29, 0.717) is 35.8 Å². The van der Waals surface area contributed by atoms with Crippen LogP contribution in [0.2, 0.25) is 0 Å². The Bertz CT molecular complexity index is 1670. The Balaban J connectivity index is 1.49. The minimum absolute atomic E-state index is 0.182. The van der Waals surface area contributed by atoms with Crippen LogP contribution in [-0.4, -0.2) is 25.0 Å². The van der Waals surface area contributed by atoms with Crippen molar-refractivity contribution in [2.75, 3.05) is 12.0 Å². The minimum Gasteiger partial charge on any atom is -0.493 e. The maximum Gasteiger partial charge on any atom is 0.335 e. The molecule has 1 fully saturated rings. The Morgan fingerprint density at radius 1 is 0.950 bits per heavy atom. The number of nitrogens with one attached hydrogen (secondary N) is 1. The predicted octanol–water partition coefficient (Wildman–Crippen LogP) is 6.58. The molecule has 0 unspecified atom stereocenters. The number of methoxy groups -OCH3 is 1. The molecule has 4 aromatic carbocycles. The highest BCUT2D eigenvalue weighted by Crippen LogP contribution is 2.36. The second-order valence-electron chi connectivity index (χ2n) is 9.07. The van der Waals surface area contributed by atoms with Gasteiger partial charge in [0.15, 0.2) is 11.5 Å². The molecule has 4 amide bonds. The fourth-order valence-corrected chi connectivity index (χ4v) is 4.87. The number of benzene rings is 4. The number of urea groups is 1. The smallest absolute Gasteiger partial charge is 0.335 e. The normalized spacial score (nSPS) is 14.4. The van der Waals surface area contributed by atoms with Crippen molar-refractivity contribution in [3.63, 3.8) is 0 Å². The lowest BCUT2D eigenvalue weighted by Crippen LogP contribution is -2.54. The van der Waals surface area contributed by atoms with Crippen molar-refractivity contribution in [2.24, 2.45) is 0 Å². The average molecular weight is 597 g/mol. The van der Waals surface area contributed by atoms with Crippen molar-refractivity contribution >= 4 is 56.3 Å². The molecule has 0 radical (unpaired) electrons. The number of hydrogen-bond acceptors (Lipinski definition) is 5. The molecule has 1 saturated heterocycles. The summed E-state index contributed by atoms with van der Waals surface area (Å²) in [6.07, 6.45) is 3.64. The molecule has 7 nitrogen and oxygen atoms in total. The number of carbonyl (C=O) groups is 3. The van der Waals surface area contributed by atoms with Crippen molar-refractivity contribution in [2.45, 2.75) is 13.0 Å². The van der Waals surface area contributed by atoms with Crippen LogP contribution in [0.25, 0.3) is 16.8 Å². The Morgan fingerprint density at radius 3 is 2.45 bits per heavy atom. The summed E-state index contributed by atoms with van der Waals surface area (Å²) in [5.41, 5.74) is 2.49. The van der Waals surface area contributed by atoms with Crippen molar-refractivity contribution in [1.29, 1.82) is 0 Å². The molecule has 5 rings (SSSR count). The number of imide groups is 2. The van der Waals surface area contributed by atoms with Crippen LogP contribution in [0.15, 0.2) is 102 Å². The summed E-state index contributed by atoms with van der Waals surface area (Å²) in [5, 5.41) is 4.47. The number of nitrogens with zero attached hydrogens (tertiary/aromatic N) is 1. The minimum atomic E-state index is -0.809. The van der Waals surface area contributed by atoms with Crippen molar-refractivity contribution < 1.29 is 23.9 Å². The standard InChI is InChI=1S/C32H25BrN2O5/c1-3-7-22-16-20(17-27-30(36)34-32(38)35(31(27)37)25-14-12-24(33)13-15-25)18-28(39-2)29(22)40-19-23-10-6-9-21-8-4-5-11-26(21)23/h3-6,8-18H,1,7,19H2,2H3,(H,34,36,38)/b27-17+. The maximum absolute atomic E-state index is 13.3. The van der Waals surface area contributed by atoms with Gasteiger partial charge in [0.25, 0.3) is 11.8 Å². The number of allylic oxidation sites excluding steroid dienone is 1. The van der Waals surface area contributed by atoms with Crippen LogP contribution in [0.5, 0.6) is 11.5 Å². The molecule has 4 aromatic rings. The van der Waals surface area contributed by atoms with Gasteiger partial charge in [-0.3, -0.25) is 14.9 Å². The average Bonchev–Trinajstić information content (AvgIpc) is 2.95. The number of halogens is 1. The van der Waals surface area contributed by atoms with Crippen molar-refractivity contribution in [1.82, 2.24) is 5.32 Å². The van der Waals surface area contributed by atoms with Crippen LogP contribution in [0.4, 0.5) is 10.5 Å². The van der Waals surface area contributed by atoms with E-state index in [4.69, 9.17) is 9.47 Å². The summed E-state index contributed by atoms with van der Waals surface area (Å²) in [6.45, 7) is 4.17. The number of rotatable bonds is 8. The summed E-state index contributed by atoms with van der Waals surface area (Å²) in [6, 6.07) is 23.5. The summed E-state index contributed by atoms with van der Waals surface area (Å²) in [4.78, 5) is 39.5. The highest BCUT2D eigenvalue weighted by Gasteiger charge is 2.36. The molecule has 1 aliphatic rings. The first-order chi connectivity index (χ1) is 19.4. The molecule has 1 aliphatic heterocycles. The summed E-state index contributed by atoms with van der Waals surface area (Å²) in [7, 11) is 1.53. The van der Waals surface area contributed by atoms with E-state index in [-0.39, 0.29) is 5.57 Å². The number of ether oxygens (including phenoxy) is 2. The quantitative estimate of drug-likeness (QED) is 0.141. The summed E-state index contributed by atoms with van der Waals surface area (Å²) < 4.78 is 12.8. The second-order valence-corrected chi connectivity index (χ2v) is 9.98. The van der Waals surface area contributed by atoms with Gasteiger partial charge < -0.3 is 9.47 Å². The molecule has 0 atom stereocenters. The predicted molar refractivity (Wildman–Crippen MR) is 158 cm³/mol. The first kappa shape index (κ1) is 26.9. The third-order valence-electron chi connectivity index (χ3n) is 6.49. The van der Waals surface area contributed by atoms with Gasteiger partial charge >= 0.3 is 6.03 Å². The number of carbonyl (C=O) groups excluding carboxylic acids is 3. The van der Waals surface area contributed by atoms with E-state index in [1.807, 2.05) is 30.3 Å². The van der Waals surface area contributed by atoms with Crippen LogP contribution in [-0.2, 0) is 22.6 Å². The zero-order valence-electron chi connectivity index (χ0n) is 21.6. The number of hydrogen-bond donors (Lipinski definition) is 1. The van der Waals surface area contributed by atoms with E-state index in [1.165, 1.54) is 13.2 Å². The lowest BCUT2D eigenvalue weighted by molar-refractivity contribution is -0.122. The number of amides is 4. The third kappa shape index (κ3) is 5.39. The lowest BCUT2D eigenvalue weighted by atomic mass is 10.0. The first-order valence-electron chi connectivity index (χ1n) is 12.5. The van der Waals surface area contributed by atoms with E-state index in [9.17, 15) is 14.4 Å². The zero-order chi connectivity index (χ0) is 28.2. The Kier molecular flexibility index (Phi) is 7.79. The highest BCUT2D eigenvalue weighted by atomic mass is 79.9. The topological polar surface area (TPSA) is 84.9 Å². The molecule has 1 heterocycles. The van der Waals surface area contributed by atoms with Crippen LogP contribution in [0.3, 0.4) is 0 Å². The van der Waals surface area contributed by atoms with Gasteiger partial charge in [-0.05, 0) is 70.8 Å². The monoisotopic (exact) mass is 596 g/mol. The van der Waals surface area contributed by atoms with E-state index in [1.54, 1.807) is 36.4 Å². The van der Waals surface area contributed by atoms with Gasteiger partial charge in [-0.1, -0.05) is 64.5 Å². The van der Waals surface area contributed by atoms with Gasteiger partial charge in [0.05, 0.1) is 12.8 Å². The molecular weight excluding hydrogens is 572 g/mol. The first-order valence-corrected chi connectivity index (χ1v) is 13.3. The van der Waals surface area contributed by atoms with Gasteiger partial charge in [-0.2, -0.15) is 0 Å². The van der Waals surface area contributed by atoms with Gasteiger partial charge in [-0.25, -0.2) is 9.69 Å². The molecule has 0 aromatic heterocycles. The van der Waals surface area contributed by atoms with Gasteiger partial charge in [0.2, 0.25) is 0 Å². The number of anilines is 1. The largest absolute Gasteiger partial charge is 0.493 e. The van der Waals surface area contributed by atoms with E-state index >= 15 is 0 Å². The van der Waals surface area contributed by atoms with E-state index in [2.05, 4.69) is 46.0 Å². The Morgan fingerprint density at radius 2 is 1.70 bits per heavy atom. The van der Waals surface area contributed by atoms with Gasteiger partial charge in [0, 0.05) is 10.0 Å². The molecule has 1 N–H and O–H groups in total. The van der Waals surface area contributed by atoms with E-state index < -0.39 is 17.8 Å². The van der Waals surface area contributed by atoms with Crippen molar-refractivity contribution in [3.05, 3.63) is 118 Å². The third-order valence-corrected chi connectivity index (χ3v) is 7.02. The summed E-state index contributed by atoms with van der Waals surface area (Å²) in [5.74, 6) is -0.514. The fraction of sp³-hybridized carbons (Fsp3) is 0.0938. The van der Waals surface area contributed by atoms with Crippen LogP contribution in [0.1, 0.15) is 16.7 Å². The van der Waals surface area contributed by atoms with Crippen LogP contribution in [0, 0.1) is 0 Å². The Hall–Kier alpha value is -4.69. The van der Waals surface area contributed by atoms with Crippen molar-refractivity contribution in [3.8, 4) is 11.5 Å². The molecule has 200 valence electrons. The molecule has 0 saturated carbocycles. The van der Waals surface area contributed by atoms with Gasteiger partial charge in [0.1, 0.15) is 12.2 Å².